The van der Waals surface area contributed by atoms with Gasteiger partial charge in [0.1, 0.15) is 23.9 Å². The number of nitrogens with zero attached hydrogens (tertiary/aromatic N) is 5. The van der Waals surface area contributed by atoms with Crippen LogP contribution in [0.15, 0.2) is 41.3 Å². The largest absolute Gasteiger partial charge is 0.486 e. The number of rotatable bonds is 12. The van der Waals surface area contributed by atoms with E-state index >= 15 is 0 Å². The number of nitrogens with one attached hydrogen (secondary N) is 2. The molecule has 0 bridgehead atoms. The maximum Gasteiger partial charge on any atom is 0.270 e. The van der Waals surface area contributed by atoms with Crippen molar-refractivity contribution in [3.05, 3.63) is 59.4 Å². The Morgan fingerprint density at radius 2 is 2.15 bits per heavy atom. The highest BCUT2D eigenvalue weighted by Crippen LogP contribution is 2.24. The molecule has 4 heterocycles. The first-order valence-electron chi connectivity index (χ1n) is 13.2. The molecule has 1 aromatic carbocycles. The van der Waals surface area contributed by atoms with Gasteiger partial charge in [-0.1, -0.05) is 6.07 Å². The van der Waals surface area contributed by atoms with E-state index in [1.807, 2.05) is 24.9 Å². The number of hydrogen-bond acceptors (Lipinski definition) is 11. The second-order valence-corrected chi connectivity index (χ2v) is 9.87. The van der Waals surface area contributed by atoms with Gasteiger partial charge in [0.2, 0.25) is 5.95 Å². The van der Waals surface area contributed by atoms with E-state index in [9.17, 15) is 9.90 Å². The maximum absolute atomic E-state index is 12.9. The number of carbonyl (C=O) groups excluding carboxylic acids is 1. The Kier molecular flexibility index (Phi) is 8.54. The molecule has 2 aromatic heterocycles. The fourth-order valence-electron chi connectivity index (χ4n) is 4.43. The van der Waals surface area contributed by atoms with Gasteiger partial charge in [0.25, 0.3) is 5.91 Å². The van der Waals surface area contributed by atoms with E-state index in [2.05, 4.69) is 42.6 Å². The molecule has 3 aromatic rings. The molecule has 2 aliphatic rings. The molecule has 0 unspecified atom stereocenters. The summed E-state index contributed by atoms with van der Waals surface area (Å²) in [6.07, 6.45) is 3.16. The Morgan fingerprint density at radius 1 is 1.28 bits per heavy atom. The van der Waals surface area contributed by atoms with E-state index in [4.69, 9.17) is 13.9 Å². The minimum absolute atomic E-state index is 0.124. The van der Waals surface area contributed by atoms with Gasteiger partial charge in [-0.15, -0.1) is 0 Å². The molecular weight excluding hydrogens is 502 g/mol. The number of aromatic nitrogens is 3. The quantitative estimate of drug-likeness (QED) is 0.310. The van der Waals surface area contributed by atoms with Crippen LogP contribution in [0.4, 0.5) is 11.8 Å². The molecule has 12 nitrogen and oxygen atoms in total. The number of anilines is 2. The van der Waals surface area contributed by atoms with Crippen molar-refractivity contribution in [3.8, 4) is 5.75 Å². The summed E-state index contributed by atoms with van der Waals surface area (Å²) < 4.78 is 16.2. The molecule has 1 atom stereocenters. The summed E-state index contributed by atoms with van der Waals surface area (Å²) in [7, 11) is 1.88. The molecular formula is C27H35N7O5. The summed E-state index contributed by atoms with van der Waals surface area (Å²) in [5.41, 5.74) is 2.69. The smallest absolute Gasteiger partial charge is 0.270 e. The lowest BCUT2D eigenvalue weighted by atomic mass is 9.99. The molecule has 1 amide bonds. The van der Waals surface area contributed by atoms with Crippen LogP contribution in [0.1, 0.15) is 34.3 Å². The summed E-state index contributed by atoms with van der Waals surface area (Å²) >= 11 is 0. The Balaban J connectivity index is 1.12. The van der Waals surface area contributed by atoms with E-state index in [1.54, 1.807) is 12.3 Å². The highest BCUT2D eigenvalue weighted by Gasteiger charge is 2.22. The van der Waals surface area contributed by atoms with E-state index in [0.717, 1.165) is 25.3 Å². The molecule has 0 aliphatic carbocycles. The normalized spacial score (nSPS) is 16.2. The predicted molar refractivity (Wildman–Crippen MR) is 144 cm³/mol. The highest BCUT2D eigenvalue weighted by molar-refractivity contribution is 5.93. The number of carbonyl (C=O) groups is 1. The van der Waals surface area contributed by atoms with Crippen molar-refractivity contribution >= 4 is 17.7 Å². The van der Waals surface area contributed by atoms with Crippen molar-refractivity contribution in [1.82, 2.24) is 25.2 Å². The zero-order chi connectivity index (χ0) is 27.2. The van der Waals surface area contributed by atoms with Gasteiger partial charge in [0.15, 0.2) is 12.2 Å². The molecule has 0 spiro atoms. The number of amides is 1. The van der Waals surface area contributed by atoms with Crippen molar-refractivity contribution in [2.75, 3.05) is 56.7 Å². The van der Waals surface area contributed by atoms with Gasteiger partial charge in [-0.3, -0.25) is 9.69 Å². The second kappa shape index (κ2) is 12.4. The van der Waals surface area contributed by atoms with Crippen LogP contribution in [0.2, 0.25) is 0 Å². The molecule has 39 heavy (non-hydrogen) atoms. The Labute approximate surface area is 227 Å². The number of hydrogen-bond donors (Lipinski definition) is 3. The van der Waals surface area contributed by atoms with Gasteiger partial charge >= 0.3 is 0 Å². The first-order chi connectivity index (χ1) is 19.0. The van der Waals surface area contributed by atoms with Crippen LogP contribution in [0.3, 0.4) is 0 Å². The highest BCUT2D eigenvalue weighted by atomic mass is 16.5. The van der Waals surface area contributed by atoms with Crippen LogP contribution >= 0.6 is 0 Å². The van der Waals surface area contributed by atoms with Crippen molar-refractivity contribution in [2.24, 2.45) is 0 Å². The first-order valence-corrected chi connectivity index (χ1v) is 13.2. The summed E-state index contributed by atoms with van der Waals surface area (Å²) in [6.45, 7) is 6.35. The zero-order valence-electron chi connectivity index (χ0n) is 22.3. The summed E-state index contributed by atoms with van der Waals surface area (Å²) in [5.74, 6) is 2.16. The van der Waals surface area contributed by atoms with Gasteiger partial charge in [0.05, 0.1) is 31.6 Å². The third kappa shape index (κ3) is 7.02. The van der Waals surface area contributed by atoms with Gasteiger partial charge < -0.3 is 34.5 Å². The molecule has 1 fully saturated rings. The average Bonchev–Trinajstić information content (AvgIpc) is 3.45. The topological polar surface area (TPSA) is 138 Å². The fourth-order valence-corrected chi connectivity index (χ4v) is 4.43. The molecule has 1 saturated heterocycles. The number of aliphatic hydroxyl groups is 1. The minimum Gasteiger partial charge on any atom is -0.486 e. The fraction of sp³-hybridized carbons (Fsp3) is 0.481. The van der Waals surface area contributed by atoms with Crippen LogP contribution in [0, 0.1) is 0 Å². The number of aliphatic hydroxyl groups excluding tert-OH is 1. The van der Waals surface area contributed by atoms with Gasteiger partial charge in [0, 0.05) is 45.8 Å². The lowest BCUT2D eigenvalue weighted by Crippen LogP contribution is -2.42. The van der Waals surface area contributed by atoms with Gasteiger partial charge in [-0.2, -0.15) is 4.98 Å². The molecule has 208 valence electrons. The van der Waals surface area contributed by atoms with Crippen LogP contribution in [-0.4, -0.2) is 89.5 Å². The lowest BCUT2D eigenvalue weighted by molar-refractivity contribution is 0.0209. The monoisotopic (exact) mass is 537 g/mol. The SMILES string of the molecule is CCN(C)c1nc(NC2COC2)cc(C(=O)NC[C@H](O)CN2CCc3cc(OCc4cnco4)ccc3C2)n1. The Bertz CT molecular complexity index is 1250. The molecule has 0 saturated carbocycles. The van der Waals surface area contributed by atoms with Crippen molar-refractivity contribution in [3.63, 3.8) is 0 Å². The number of ether oxygens (including phenoxy) is 2. The average molecular weight is 538 g/mol. The number of benzene rings is 1. The van der Waals surface area contributed by atoms with Crippen LogP contribution in [0.25, 0.3) is 0 Å². The number of β-amino-alcohol motifs (C(OH)–C–C–N with tert-alkyl or cyclic N) is 1. The standard InChI is InChI=1S/C27H35N7O5/c1-3-33(2)27-31-24(9-25(32-27)30-20-14-37-15-20)26(36)29-10-21(35)13-34-7-6-18-8-22(5-4-19(18)12-34)38-16-23-11-28-17-39-23/h4-5,8-9,11,17,20-21,35H,3,6-7,10,12-16H2,1-2H3,(H,29,36)(H,30,31,32)/t21-/m0/s1. The summed E-state index contributed by atoms with van der Waals surface area (Å²) in [5, 5.41) is 16.8. The van der Waals surface area contributed by atoms with Crippen LogP contribution < -0.4 is 20.3 Å². The maximum atomic E-state index is 12.9. The Hall–Kier alpha value is -3.74. The van der Waals surface area contributed by atoms with Crippen LogP contribution in [-0.2, 0) is 24.3 Å². The predicted octanol–water partition coefficient (Wildman–Crippen LogP) is 1.46. The molecule has 12 heteroatoms. The number of fused-ring (bicyclic) bond motifs is 1. The van der Waals surface area contributed by atoms with Gasteiger partial charge in [-0.05, 0) is 36.6 Å². The number of oxazole rings is 1. The van der Waals surface area contributed by atoms with E-state index < -0.39 is 6.10 Å². The third-order valence-electron chi connectivity index (χ3n) is 6.85. The van der Waals surface area contributed by atoms with E-state index in [1.165, 1.54) is 17.5 Å². The molecule has 3 N–H and O–H groups in total. The second-order valence-electron chi connectivity index (χ2n) is 9.87. The molecule has 5 rings (SSSR count). The molecule has 2 aliphatic heterocycles. The minimum atomic E-state index is -0.718. The van der Waals surface area contributed by atoms with E-state index in [-0.39, 0.29) is 24.2 Å². The molecule has 0 radical (unpaired) electrons. The van der Waals surface area contributed by atoms with Gasteiger partial charge in [-0.25, -0.2) is 9.97 Å². The lowest BCUT2D eigenvalue weighted by Gasteiger charge is -2.30. The third-order valence-corrected chi connectivity index (χ3v) is 6.85. The Morgan fingerprint density at radius 3 is 2.90 bits per heavy atom. The zero-order valence-corrected chi connectivity index (χ0v) is 22.3. The summed E-state index contributed by atoms with van der Waals surface area (Å²) in [4.78, 5) is 29.8. The van der Waals surface area contributed by atoms with E-state index in [0.29, 0.717) is 50.4 Å². The van der Waals surface area contributed by atoms with Crippen molar-refractivity contribution < 1.29 is 23.8 Å². The van der Waals surface area contributed by atoms with Crippen molar-refractivity contribution in [2.45, 2.75) is 38.6 Å². The van der Waals surface area contributed by atoms with Crippen molar-refractivity contribution in [1.29, 1.82) is 0 Å². The van der Waals surface area contributed by atoms with Crippen LogP contribution in [0.5, 0.6) is 5.75 Å². The first kappa shape index (κ1) is 26.9. The summed E-state index contributed by atoms with van der Waals surface area (Å²) in [6, 6.07) is 7.88.